The summed E-state index contributed by atoms with van der Waals surface area (Å²) in [6.07, 6.45) is 5.31. The van der Waals surface area contributed by atoms with Gasteiger partial charge in [0, 0.05) is 25.5 Å². The van der Waals surface area contributed by atoms with Crippen LogP contribution in [-0.2, 0) is 19.5 Å². The van der Waals surface area contributed by atoms with Gasteiger partial charge < -0.3 is 14.8 Å². The van der Waals surface area contributed by atoms with Crippen molar-refractivity contribution in [2.75, 3.05) is 12.8 Å². The zero-order valence-electron chi connectivity index (χ0n) is 13.9. The highest BCUT2D eigenvalue weighted by molar-refractivity contribution is 7.99. The first-order chi connectivity index (χ1) is 11.7. The third kappa shape index (κ3) is 2.90. The van der Waals surface area contributed by atoms with E-state index in [2.05, 4.69) is 39.1 Å². The van der Waals surface area contributed by atoms with Crippen molar-refractivity contribution in [2.24, 2.45) is 0 Å². The number of aromatic nitrogens is 2. The molecule has 1 aliphatic heterocycles. The molecule has 5 nitrogen and oxygen atoms in total. The first-order valence-electron chi connectivity index (χ1n) is 8.49. The third-order valence-corrected chi connectivity index (χ3v) is 5.87. The molecule has 2 aliphatic rings. The van der Waals surface area contributed by atoms with Gasteiger partial charge >= 0.3 is 6.03 Å². The van der Waals surface area contributed by atoms with E-state index in [9.17, 15) is 4.79 Å². The molecular formula is C18H22N4OS. The molecule has 1 aliphatic carbocycles. The molecule has 0 radical (unpaired) electrons. The average Bonchev–Trinajstić information content (AvgIpc) is 3.20. The Hall–Kier alpha value is -1.95. The predicted octanol–water partition coefficient (Wildman–Crippen LogP) is 3.21. The van der Waals surface area contributed by atoms with Gasteiger partial charge in [-0.15, -0.1) is 0 Å². The van der Waals surface area contributed by atoms with Crippen molar-refractivity contribution in [3.05, 3.63) is 47.3 Å². The monoisotopic (exact) mass is 342 g/mol. The Morgan fingerprint density at radius 3 is 3.21 bits per heavy atom. The van der Waals surface area contributed by atoms with Crippen LogP contribution in [0.3, 0.4) is 0 Å². The highest BCUT2D eigenvalue weighted by Crippen LogP contribution is 2.33. The number of benzene rings is 1. The molecule has 1 atom stereocenters. The van der Waals surface area contributed by atoms with E-state index < -0.39 is 0 Å². The molecule has 0 bridgehead atoms. The number of amides is 2. The maximum absolute atomic E-state index is 12.6. The minimum Gasteiger partial charge on any atom is -0.332 e. The summed E-state index contributed by atoms with van der Waals surface area (Å²) in [7, 11) is 1.89. The fourth-order valence-electron chi connectivity index (χ4n) is 3.61. The molecule has 4 rings (SSSR count). The van der Waals surface area contributed by atoms with E-state index in [1.807, 2.05) is 18.1 Å². The standard InChI is InChI=1S/C18H22N4OS/c1-21(16-8-4-6-13-5-2-3-7-15(13)16)17(23)19-11-14-12-22-9-10-24-18(22)20-14/h2-3,5,7,12,16H,4,6,8-11H2,1H3,(H,19,23). The number of nitrogens with one attached hydrogen (secondary N) is 1. The third-order valence-electron chi connectivity index (χ3n) is 4.90. The second kappa shape index (κ2) is 6.51. The predicted molar refractivity (Wildman–Crippen MR) is 95.1 cm³/mol. The Bertz CT molecular complexity index is 736. The summed E-state index contributed by atoms with van der Waals surface area (Å²) in [6, 6.07) is 8.61. The molecule has 6 heteroatoms. The van der Waals surface area contributed by atoms with E-state index in [1.165, 1.54) is 11.1 Å². The van der Waals surface area contributed by atoms with Crippen molar-refractivity contribution in [1.29, 1.82) is 0 Å². The van der Waals surface area contributed by atoms with Crippen molar-refractivity contribution < 1.29 is 4.79 Å². The summed E-state index contributed by atoms with van der Waals surface area (Å²) in [6.45, 7) is 1.50. The van der Waals surface area contributed by atoms with Gasteiger partial charge in [0.1, 0.15) is 0 Å². The number of nitrogens with zero attached hydrogens (tertiary/aromatic N) is 3. The van der Waals surface area contributed by atoms with Gasteiger partial charge in [-0.2, -0.15) is 0 Å². The van der Waals surface area contributed by atoms with Gasteiger partial charge in [0.25, 0.3) is 0 Å². The quantitative estimate of drug-likeness (QED) is 0.932. The Balaban J connectivity index is 1.41. The van der Waals surface area contributed by atoms with Crippen molar-refractivity contribution in [1.82, 2.24) is 19.8 Å². The highest BCUT2D eigenvalue weighted by Gasteiger charge is 2.26. The van der Waals surface area contributed by atoms with Crippen molar-refractivity contribution >= 4 is 17.8 Å². The van der Waals surface area contributed by atoms with Gasteiger partial charge in [0.2, 0.25) is 0 Å². The van der Waals surface area contributed by atoms with Crippen LogP contribution >= 0.6 is 11.8 Å². The van der Waals surface area contributed by atoms with Crippen LogP contribution in [-0.4, -0.2) is 33.3 Å². The van der Waals surface area contributed by atoms with Crippen molar-refractivity contribution in [2.45, 2.75) is 43.6 Å². The van der Waals surface area contributed by atoms with Crippen LogP contribution in [0.1, 0.15) is 35.7 Å². The van der Waals surface area contributed by atoms with E-state index in [4.69, 9.17) is 0 Å². The number of imidazole rings is 1. The van der Waals surface area contributed by atoms with E-state index in [-0.39, 0.29) is 12.1 Å². The van der Waals surface area contributed by atoms with Crippen LogP contribution in [0.25, 0.3) is 0 Å². The fourth-order valence-corrected chi connectivity index (χ4v) is 4.57. The fraction of sp³-hybridized carbons (Fsp3) is 0.444. The van der Waals surface area contributed by atoms with Gasteiger partial charge in [-0.3, -0.25) is 0 Å². The maximum atomic E-state index is 12.6. The molecule has 1 unspecified atom stereocenters. The van der Waals surface area contributed by atoms with Gasteiger partial charge in [0.15, 0.2) is 5.16 Å². The lowest BCUT2D eigenvalue weighted by atomic mass is 9.87. The van der Waals surface area contributed by atoms with Gasteiger partial charge in [0.05, 0.1) is 18.3 Å². The zero-order chi connectivity index (χ0) is 16.5. The lowest BCUT2D eigenvalue weighted by Crippen LogP contribution is -2.40. The lowest BCUT2D eigenvalue weighted by Gasteiger charge is -2.33. The van der Waals surface area contributed by atoms with Crippen LogP contribution in [0.15, 0.2) is 35.6 Å². The number of rotatable bonds is 3. The SMILES string of the molecule is CN(C(=O)NCc1cn2c(n1)SCC2)C1CCCc2ccccc21. The van der Waals surface area contributed by atoms with Crippen molar-refractivity contribution in [3.63, 3.8) is 0 Å². The van der Waals surface area contributed by atoms with Crippen LogP contribution < -0.4 is 5.32 Å². The first-order valence-corrected chi connectivity index (χ1v) is 9.48. The number of thioether (sulfide) groups is 1. The second-order valence-electron chi connectivity index (χ2n) is 6.43. The second-order valence-corrected chi connectivity index (χ2v) is 7.50. The van der Waals surface area contributed by atoms with E-state index in [0.717, 1.165) is 42.4 Å². The van der Waals surface area contributed by atoms with E-state index in [1.54, 1.807) is 11.8 Å². The highest BCUT2D eigenvalue weighted by atomic mass is 32.2. The van der Waals surface area contributed by atoms with Gasteiger partial charge in [-0.1, -0.05) is 36.0 Å². The van der Waals surface area contributed by atoms with Crippen LogP contribution in [0.4, 0.5) is 4.79 Å². The van der Waals surface area contributed by atoms with Gasteiger partial charge in [-0.05, 0) is 30.4 Å². The Kier molecular flexibility index (Phi) is 4.22. The summed E-state index contributed by atoms with van der Waals surface area (Å²) in [4.78, 5) is 19.0. The smallest absolute Gasteiger partial charge is 0.317 e. The van der Waals surface area contributed by atoms with Crippen LogP contribution in [0.2, 0.25) is 0 Å². The van der Waals surface area contributed by atoms with Gasteiger partial charge in [-0.25, -0.2) is 9.78 Å². The summed E-state index contributed by atoms with van der Waals surface area (Å²) in [5.74, 6) is 1.10. The normalized spacial score (nSPS) is 18.8. The molecule has 1 aromatic carbocycles. The topological polar surface area (TPSA) is 50.2 Å². The summed E-state index contributed by atoms with van der Waals surface area (Å²) < 4.78 is 2.16. The number of hydrogen-bond donors (Lipinski definition) is 1. The molecule has 1 aromatic heterocycles. The first kappa shape index (κ1) is 15.6. The number of carbonyl (C=O) groups is 1. The summed E-state index contributed by atoms with van der Waals surface area (Å²) >= 11 is 1.77. The molecule has 0 saturated heterocycles. The molecule has 126 valence electrons. The number of urea groups is 1. The minimum absolute atomic E-state index is 0.0301. The average molecular weight is 342 g/mol. The molecular weight excluding hydrogens is 320 g/mol. The number of aryl methyl sites for hydroxylation is 2. The number of hydrogen-bond acceptors (Lipinski definition) is 3. The molecule has 24 heavy (non-hydrogen) atoms. The maximum Gasteiger partial charge on any atom is 0.317 e. The molecule has 0 spiro atoms. The molecule has 2 aromatic rings. The minimum atomic E-state index is -0.0301. The van der Waals surface area contributed by atoms with Crippen LogP contribution in [0, 0.1) is 0 Å². The lowest BCUT2D eigenvalue weighted by molar-refractivity contribution is 0.183. The Morgan fingerprint density at radius 2 is 2.33 bits per heavy atom. The summed E-state index contributed by atoms with van der Waals surface area (Å²) in [5.41, 5.74) is 3.60. The Morgan fingerprint density at radius 1 is 1.46 bits per heavy atom. The van der Waals surface area contributed by atoms with Crippen LogP contribution in [0.5, 0.6) is 0 Å². The van der Waals surface area contributed by atoms with E-state index >= 15 is 0 Å². The number of fused-ring (bicyclic) bond motifs is 2. The molecule has 1 N–H and O–H groups in total. The summed E-state index contributed by atoms with van der Waals surface area (Å²) in [5, 5.41) is 4.08. The van der Waals surface area contributed by atoms with E-state index in [0.29, 0.717) is 6.54 Å². The molecule has 2 heterocycles. The van der Waals surface area contributed by atoms with Crippen molar-refractivity contribution in [3.8, 4) is 0 Å². The Labute approximate surface area is 146 Å². The largest absolute Gasteiger partial charge is 0.332 e. The number of carbonyl (C=O) groups excluding carboxylic acids is 1. The molecule has 2 amide bonds. The zero-order valence-corrected chi connectivity index (χ0v) is 14.7. The molecule has 0 saturated carbocycles. The molecule has 0 fully saturated rings.